The van der Waals surface area contributed by atoms with Gasteiger partial charge < -0.3 is 0 Å². The highest BCUT2D eigenvalue weighted by Gasteiger charge is 2.27. The maximum absolute atomic E-state index is 4.91. The molecule has 25 heavy (non-hydrogen) atoms. The summed E-state index contributed by atoms with van der Waals surface area (Å²) < 4.78 is 0. The number of allylic oxidation sites excluding steroid dienone is 4. The van der Waals surface area contributed by atoms with Crippen LogP contribution in [-0.4, -0.2) is 0 Å². The largest absolute Gasteiger partial charge is 0.166 e. The highest BCUT2D eigenvalue weighted by atomic mass is 32.1. The zero-order valence-corrected chi connectivity index (χ0v) is 15.5. The van der Waals surface area contributed by atoms with E-state index >= 15 is 0 Å². The van der Waals surface area contributed by atoms with Crippen molar-refractivity contribution in [2.24, 2.45) is 5.92 Å². The molecule has 2 aromatic rings. The van der Waals surface area contributed by atoms with E-state index in [1.165, 1.54) is 33.4 Å². The lowest BCUT2D eigenvalue weighted by molar-refractivity contribution is 1.03. The van der Waals surface area contributed by atoms with E-state index in [-0.39, 0.29) is 5.25 Å². The first-order valence-corrected chi connectivity index (χ1v) is 9.10. The van der Waals surface area contributed by atoms with Gasteiger partial charge in [0.25, 0.3) is 0 Å². The fourth-order valence-corrected chi connectivity index (χ4v) is 4.25. The van der Waals surface area contributed by atoms with Crippen LogP contribution in [0.4, 0.5) is 0 Å². The van der Waals surface area contributed by atoms with E-state index in [4.69, 9.17) is 12.6 Å². The topological polar surface area (TPSA) is 0 Å². The van der Waals surface area contributed by atoms with Crippen molar-refractivity contribution in [1.82, 2.24) is 0 Å². The summed E-state index contributed by atoms with van der Waals surface area (Å²) in [7, 11) is 0. The van der Waals surface area contributed by atoms with E-state index < -0.39 is 0 Å². The molecular weight excluding hydrogens is 320 g/mol. The van der Waals surface area contributed by atoms with E-state index in [2.05, 4.69) is 69.6 Å². The molecule has 0 fully saturated rings. The number of fused-ring (bicyclic) bond motifs is 2. The molecule has 2 atom stereocenters. The number of hydrogen-bond acceptors (Lipinski definition) is 1. The molecule has 1 heteroatoms. The van der Waals surface area contributed by atoms with Crippen molar-refractivity contribution in [2.75, 3.05) is 0 Å². The summed E-state index contributed by atoms with van der Waals surface area (Å²) in [6.45, 7) is 19.0. The fourth-order valence-electron chi connectivity index (χ4n) is 3.93. The highest BCUT2D eigenvalue weighted by molar-refractivity contribution is 7.80. The lowest BCUT2D eigenvalue weighted by atomic mass is 9.96. The van der Waals surface area contributed by atoms with Gasteiger partial charge in [-0.1, -0.05) is 57.5 Å². The van der Waals surface area contributed by atoms with Crippen molar-refractivity contribution in [3.8, 4) is 0 Å². The SMILES string of the molecule is C=C1CC(=C)c2cc(C(S)c3ccc4c(c3)C(=C)C(C)C4=C)ccc21. The molecule has 0 bridgehead atoms. The summed E-state index contributed by atoms with van der Waals surface area (Å²) in [4.78, 5) is 0. The molecule has 124 valence electrons. The van der Waals surface area contributed by atoms with Crippen molar-refractivity contribution in [3.05, 3.63) is 96.1 Å². The number of hydrogen-bond donors (Lipinski definition) is 1. The average molecular weight is 343 g/mol. The normalized spacial score (nSPS) is 20.0. The fraction of sp³-hybridized carbons (Fsp3) is 0.167. The van der Waals surface area contributed by atoms with Crippen LogP contribution in [0.25, 0.3) is 22.3 Å². The van der Waals surface area contributed by atoms with Gasteiger partial charge in [0.1, 0.15) is 0 Å². The molecule has 0 radical (unpaired) electrons. The Labute approximate surface area is 155 Å². The quantitative estimate of drug-likeness (QED) is 0.569. The van der Waals surface area contributed by atoms with Gasteiger partial charge in [0.05, 0.1) is 5.25 Å². The van der Waals surface area contributed by atoms with Gasteiger partial charge in [-0.3, -0.25) is 0 Å². The van der Waals surface area contributed by atoms with Gasteiger partial charge in [-0.05, 0) is 74.2 Å². The van der Waals surface area contributed by atoms with Crippen LogP contribution < -0.4 is 0 Å². The van der Waals surface area contributed by atoms with Gasteiger partial charge in [0.2, 0.25) is 0 Å². The summed E-state index contributed by atoms with van der Waals surface area (Å²) in [6, 6.07) is 13.1. The molecule has 2 aliphatic carbocycles. The molecule has 2 aromatic carbocycles. The Morgan fingerprint density at radius 1 is 0.800 bits per heavy atom. The molecule has 0 N–H and O–H groups in total. The third-order valence-corrected chi connectivity index (χ3v) is 6.24. The minimum absolute atomic E-state index is 0.0224. The molecule has 0 heterocycles. The summed E-state index contributed by atoms with van der Waals surface area (Å²) >= 11 is 4.91. The van der Waals surface area contributed by atoms with Crippen molar-refractivity contribution in [1.29, 1.82) is 0 Å². The van der Waals surface area contributed by atoms with Gasteiger partial charge in [0.15, 0.2) is 0 Å². The van der Waals surface area contributed by atoms with Crippen LogP contribution in [0.1, 0.15) is 52.0 Å². The van der Waals surface area contributed by atoms with E-state index in [1.54, 1.807) is 0 Å². The Bertz CT molecular complexity index is 974. The second-order valence-corrected chi connectivity index (χ2v) is 7.69. The van der Waals surface area contributed by atoms with E-state index in [0.717, 1.165) is 28.7 Å². The van der Waals surface area contributed by atoms with Crippen LogP contribution >= 0.6 is 12.6 Å². The Morgan fingerprint density at radius 3 is 2.00 bits per heavy atom. The number of benzene rings is 2. The first kappa shape index (κ1) is 16.2. The second kappa shape index (κ2) is 5.64. The maximum atomic E-state index is 4.91. The lowest BCUT2D eigenvalue weighted by Gasteiger charge is -2.15. The Balaban J connectivity index is 1.74. The van der Waals surface area contributed by atoms with Gasteiger partial charge in [-0.2, -0.15) is 12.6 Å². The Kier molecular flexibility index (Phi) is 3.66. The van der Waals surface area contributed by atoms with Gasteiger partial charge in [0, 0.05) is 5.92 Å². The van der Waals surface area contributed by atoms with E-state index in [0.29, 0.717) is 5.92 Å². The zero-order valence-electron chi connectivity index (χ0n) is 14.6. The molecule has 0 nitrogen and oxygen atoms in total. The average Bonchev–Trinajstić information content (AvgIpc) is 3.02. The van der Waals surface area contributed by atoms with E-state index in [9.17, 15) is 0 Å². The van der Waals surface area contributed by atoms with Crippen LogP contribution in [0.15, 0.2) is 62.7 Å². The minimum atomic E-state index is 0.0224. The van der Waals surface area contributed by atoms with Crippen molar-refractivity contribution >= 4 is 34.9 Å². The summed E-state index contributed by atoms with van der Waals surface area (Å²) in [5.74, 6) is 0.318. The van der Waals surface area contributed by atoms with Crippen molar-refractivity contribution < 1.29 is 0 Å². The predicted molar refractivity (Wildman–Crippen MR) is 114 cm³/mol. The van der Waals surface area contributed by atoms with Gasteiger partial charge in [-0.15, -0.1) is 0 Å². The monoisotopic (exact) mass is 342 g/mol. The molecule has 0 saturated carbocycles. The number of thiol groups is 1. The Morgan fingerprint density at radius 2 is 1.32 bits per heavy atom. The standard InChI is InChI=1S/C24H22S/c1-13-10-14(2)22-11-18(6-8-20(13)22)24(25)19-7-9-21-16(4)15(3)17(5)23(21)12-19/h6-9,11-12,15,24-25H,1-2,4-5,10H2,3H3. The summed E-state index contributed by atoms with van der Waals surface area (Å²) in [5.41, 5.74) is 11.9. The molecule has 0 aliphatic heterocycles. The third kappa shape index (κ3) is 2.38. The summed E-state index contributed by atoms with van der Waals surface area (Å²) in [6.07, 6.45) is 0.870. The molecule has 0 saturated heterocycles. The molecule has 2 aliphatic rings. The second-order valence-electron chi connectivity index (χ2n) is 7.17. The zero-order chi connectivity index (χ0) is 17.9. The molecule has 2 unspecified atom stereocenters. The van der Waals surface area contributed by atoms with Crippen molar-refractivity contribution in [2.45, 2.75) is 18.6 Å². The van der Waals surface area contributed by atoms with Crippen LogP contribution in [0, 0.1) is 5.92 Å². The smallest absolute Gasteiger partial charge is 0.0516 e. The predicted octanol–water partition coefficient (Wildman–Crippen LogP) is 6.81. The van der Waals surface area contributed by atoms with Gasteiger partial charge >= 0.3 is 0 Å². The maximum Gasteiger partial charge on any atom is 0.0516 e. The molecule has 0 aromatic heterocycles. The Hall–Kier alpha value is -2.25. The summed E-state index contributed by atoms with van der Waals surface area (Å²) in [5, 5.41) is 0.0224. The molecular formula is C24H22S. The minimum Gasteiger partial charge on any atom is -0.166 e. The first-order valence-electron chi connectivity index (χ1n) is 8.59. The third-order valence-electron chi connectivity index (χ3n) is 5.64. The first-order chi connectivity index (χ1) is 11.9. The van der Waals surface area contributed by atoms with Gasteiger partial charge in [-0.25, -0.2) is 0 Å². The van der Waals surface area contributed by atoms with Crippen LogP contribution in [0.5, 0.6) is 0 Å². The van der Waals surface area contributed by atoms with E-state index in [1.807, 2.05) is 0 Å². The van der Waals surface area contributed by atoms with Crippen LogP contribution in [-0.2, 0) is 0 Å². The van der Waals surface area contributed by atoms with Crippen molar-refractivity contribution in [3.63, 3.8) is 0 Å². The molecule has 0 spiro atoms. The van der Waals surface area contributed by atoms with Crippen LogP contribution in [0.3, 0.4) is 0 Å². The number of rotatable bonds is 2. The van der Waals surface area contributed by atoms with Crippen LogP contribution in [0.2, 0.25) is 0 Å². The molecule has 0 amide bonds. The highest BCUT2D eigenvalue weighted by Crippen LogP contribution is 2.45. The lowest BCUT2D eigenvalue weighted by Crippen LogP contribution is -1.96. The molecule has 4 rings (SSSR count).